The Labute approximate surface area is 169 Å². The van der Waals surface area contributed by atoms with Crippen molar-refractivity contribution in [2.24, 2.45) is 34.0 Å². The van der Waals surface area contributed by atoms with Crippen LogP contribution in [0.25, 0.3) is 0 Å². The molecule has 1 aromatic heterocycles. The summed E-state index contributed by atoms with van der Waals surface area (Å²) in [7, 11) is 0. The number of H-pyrrole nitrogens is 1. The maximum absolute atomic E-state index is 13.3. The third kappa shape index (κ3) is 2.01. The average Bonchev–Trinajstić information content (AvgIpc) is 3.44. The Bertz CT molecular complexity index is 1010. The number of rotatable bonds is 2. The van der Waals surface area contributed by atoms with Gasteiger partial charge in [-0.25, -0.2) is 19.6 Å². The number of nitrogens with one attached hydrogen (secondary N) is 1. The van der Waals surface area contributed by atoms with Crippen LogP contribution in [0.5, 0.6) is 0 Å². The number of carbonyl (C=O) groups excluding carboxylic acids is 2. The zero-order valence-corrected chi connectivity index (χ0v) is 16.4. The van der Waals surface area contributed by atoms with E-state index in [0.717, 1.165) is 16.6 Å². The summed E-state index contributed by atoms with van der Waals surface area (Å²) in [6.45, 7) is 0. The first-order valence-corrected chi connectivity index (χ1v) is 10.2. The fourth-order valence-electron chi connectivity index (χ4n) is 5.66. The Morgan fingerprint density at radius 1 is 1.00 bits per heavy atom. The van der Waals surface area contributed by atoms with Crippen LogP contribution >= 0.6 is 15.9 Å². The molecule has 4 aliphatic rings. The molecule has 28 heavy (non-hydrogen) atoms. The Morgan fingerprint density at radius 2 is 1.75 bits per heavy atom. The van der Waals surface area contributed by atoms with Gasteiger partial charge in [0.1, 0.15) is 0 Å². The molecule has 2 aromatic rings. The first-order valence-electron chi connectivity index (χ1n) is 9.45. The standard InChI is InChI=1S/C20H16BrN5O2/c21-10-4-6-11(7-5-10)26-18-13-9-12(17(18)23-24-26)15-16(13)20(28)25(19(15)27)14-3-1-2-8-22-14/h1-8,12-13,15-18H,9H2/p+1. The van der Waals surface area contributed by atoms with Gasteiger partial charge < -0.3 is 0 Å². The van der Waals surface area contributed by atoms with E-state index in [2.05, 4.69) is 31.3 Å². The minimum Gasteiger partial charge on any atom is -0.247 e. The average molecular weight is 439 g/mol. The van der Waals surface area contributed by atoms with Gasteiger partial charge in [0.15, 0.2) is 0 Å². The molecular formula is C20H17BrN5O2+. The van der Waals surface area contributed by atoms with Crippen molar-refractivity contribution in [3.63, 3.8) is 0 Å². The topological polar surface area (TPSA) is 79.5 Å². The predicted molar refractivity (Wildman–Crippen MR) is 103 cm³/mol. The molecule has 7 nitrogen and oxygen atoms in total. The van der Waals surface area contributed by atoms with Crippen LogP contribution in [0.15, 0.2) is 63.5 Å². The Morgan fingerprint density at radius 3 is 2.46 bits per heavy atom. The van der Waals surface area contributed by atoms with Gasteiger partial charge in [-0.05, 0) is 42.7 Å². The van der Waals surface area contributed by atoms with E-state index >= 15 is 0 Å². The second-order valence-corrected chi connectivity index (χ2v) is 8.80. The van der Waals surface area contributed by atoms with E-state index in [9.17, 15) is 9.59 Å². The van der Waals surface area contributed by atoms with Crippen LogP contribution in [0.3, 0.4) is 0 Å². The van der Waals surface area contributed by atoms with E-state index in [0.29, 0.717) is 5.82 Å². The summed E-state index contributed by atoms with van der Waals surface area (Å²) >= 11 is 3.46. The van der Waals surface area contributed by atoms with Crippen molar-refractivity contribution < 1.29 is 14.6 Å². The second kappa shape index (κ2) is 5.70. The minimum atomic E-state index is -0.284. The van der Waals surface area contributed by atoms with Gasteiger partial charge in [0.2, 0.25) is 0 Å². The Kier molecular flexibility index (Phi) is 3.33. The predicted octanol–water partition coefficient (Wildman–Crippen LogP) is 2.64. The molecule has 2 saturated carbocycles. The molecule has 3 fully saturated rings. The maximum Gasteiger partial charge on any atom is 0.321 e. The van der Waals surface area contributed by atoms with Crippen molar-refractivity contribution in [3.05, 3.63) is 53.1 Å². The molecule has 1 saturated heterocycles. The molecule has 8 heteroatoms. The number of hydrogen-bond donors (Lipinski definition) is 0. The summed E-state index contributed by atoms with van der Waals surface area (Å²) in [6, 6.07) is 13.4. The second-order valence-electron chi connectivity index (χ2n) is 7.88. The fraction of sp³-hybridized carbons (Fsp3) is 0.350. The van der Waals surface area contributed by atoms with Crippen LogP contribution in [-0.2, 0) is 9.59 Å². The molecule has 1 aromatic carbocycles. The molecule has 2 aliphatic carbocycles. The summed E-state index contributed by atoms with van der Waals surface area (Å²) in [5, 5.41) is 10.9. The lowest BCUT2D eigenvalue weighted by Gasteiger charge is -2.32. The van der Waals surface area contributed by atoms with Gasteiger partial charge in [0, 0.05) is 16.5 Å². The lowest BCUT2D eigenvalue weighted by atomic mass is 9.76. The summed E-state index contributed by atoms with van der Waals surface area (Å²) in [4.78, 5) is 30.8. The number of benzene rings is 1. The van der Waals surface area contributed by atoms with Crippen molar-refractivity contribution in [1.29, 1.82) is 0 Å². The number of aromatic amines is 1. The van der Waals surface area contributed by atoms with Gasteiger partial charge in [0.05, 0.1) is 35.8 Å². The number of hydrogen-bond acceptors (Lipinski definition) is 5. The minimum absolute atomic E-state index is 0.0219. The van der Waals surface area contributed by atoms with Gasteiger partial charge >= 0.3 is 11.8 Å². The third-order valence-electron chi connectivity index (χ3n) is 6.68. The highest BCUT2D eigenvalue weighted by Crippen LogP contribution is 2.60. The van der Waals surface area contributed by atoms with Crippen LogP contribution in [0.1, 0.15) is 6.42 Å². The van der Waals surface area contributed by atoms with Gasteiger partial charge in [-0.15, -0.1) is 4.90 Å². The number of amides is 2. The van der Waals surface area contributed by atoms with Crippen LogP contribution in [0.2, 0.25) is 0 Å². The van der Waals surface area contributed by atoms with Crippen LogP contribution in [0.4, 0.5) is 11.5 Å². The van der Waals surface area contributed by atoms with E-state index in [1.807, 2.05) is 41.4 Å². The maximum atomic E-state index is 13.3. The van der Waals surface area contributed by atoms with Crippen LogP contribution in [-0.4, -0.2) is 23.9 Å². The van der Waals surface area contributed by atoms with Gasteiger partial charge in [0.25, 0.3) is 5.82 Å². The largest absolute Gasteiger partial charge is 0.321 e. The van der Waals surface area contributed by atoms with Crippen LogP contribution in [0, 0.1) is 23.7 Å². The summed E-state index contributed by atoms with van der Waals surface area (Å²) < 4.78 is 1.00. The Hall–Kier alpha value is -2.61. The fourth-order valence-corrected chi connectivity index (χ4v) is 5.93. The van der Waals surface area contributed by atoms with E-state index in [1.165, 1.54) is 4.90 Å². The third-order valence-corrected chi connectivity index (χ3v) is 7.21. The number of nitrogens with zero attached hydrogens (tertiary/aromatic N) is 4. The summed E-state index contributed by atoms with van der Waals surface area (Å²) in [5.74, 6) is -0.0438. The van der Waals surface area contributed by atoms with Gasteiger partial charge in [-0.3, -0.25) is 0 Å². The number of fused-ring (bicyclic) bond motifs is 8. The molecule has 140 valence electrons. The number of imide groups is 1. The SMILES string of the molecule is O=C1C2C3CC(C2C(=O)N1c1cccc[nH+]1)C1C3N=NN1c1ccc(Br)cc1. The van der Waals surface area contributed by atoms with Crippen molar-refractivity contribution in [3.8, 4) is 0 Å². The lowest BCUT2D eigenvalue weighted by molar-refractivity contribution is -0.362. The molecule has 2 aliphatic heterocycles. The molecule has 0 spiro atoms. The molecule has 0 radical (unpaired) electrons. The van der Waals surface area contributed by atoms with Gasteiger partial charge in [-0.2, -0.15) is 5.11 Å². The molecule has 6 rings (SSSR count). The lowest BCUT2D eigenvalue weighted by Crippen LogP contribution is -2.47. The normalized spacial score (nSPS) is 35.0. The zero-order chi connectivity index (χ0) is 19.0. The first-order chi connectivity index (χ1) is 13.6. The summed E-state index contributed by atoms with van der Waals surface area (Å²) in [6.07, 6.45) is 2.59. The highest BCUT2D eigenvalue weighted by atomic mass is 79.9. The number of halogens is 1. The highest BCUT2D eigenvalue weighted by molar-refractivity contribution is 9.10. The molecule has 2 amide bonds. The monoisotopic (exact) mass is 438 g/mol. The van der Waals surface area contributed by atoms with E-state index in [4.69, 9.17) is 0 Å². The van der Waals surface area contributed by atoms with Crippen molar-refractivity contribution in [2.75, 3.05) is 9.91 Å². The van der Waals surface area contributed by atoms with Gasteiger partial charge in [-0.1, -0.05) is 27.2 Å². The number of aromatic nitrogens is 1. The molecule has 6 unspecified atom stereocenters. The summed E-state index contributed by atoms with van der Waals surface area (Å²) in [5.41, 5.74) is 0.966. The molecule has 1 N–H and O–H groups in total. The van der Waals surface area contributed by atoms with Crippen LogP contribution < -0.4 is 14.9 Å². The number of anilines is 2. The number of pyridine rings is 1. The number of carbonyl (C=O) groups is 2. The first kappa shape index (κ1) is 16.4. The zero-order valence-electron chi connectivity index (χ0n) is 14.8. The van der Waals surface area contributed by atoms with Crippen molar-refractivity contribution >= 4 is 39.2 Å². The van der Waals surface area contributed by atoms with E-state index < -0.39 is 0 Å². The van der Waals surface area contributed by atoms with E-state index in [-0.39, 0.29) is 47.6 Å². The molecular weight excluding hydrogens is 422 g/mol. The van der Waals surface area contributed by atoms with Crippen molar-refractivity contribution in [1.82, 2.24) is 0 Å². The Balaban J connectivity index is 1.36. The molecule has 3 heterocycles. The van der Waals surface area contributed by atoms with Crippen molar-refractivity contribution in [2.45, 2.75) is 18.5 Å². The quantitative estimate of drug-likeness (QED) is 0.675. The van der Waals surface area contributed by atoms with E-state index in [1.54, 1.807) is 12.3 Å². The highest BCUT2D eigenvalue weighted by Gasteiger charge is 2.72. The molecule has 6 atom stereocenters. The smallest absolute Gasteiger partial charge is 0.247 e. The molecule has 2 bridgehead atoms.